The van der Waals surface area contributed by atoms with Crippen LogP contribution in [0.3, 0.4) is 0 Å². The summed E-state index contributed by atoms with van der Waals surface area (Å²) in [5.41, 5.74) is 2.09. The summed E-state index contributed by atoms with van der Waals surface area (Å²) in [7, 11) is 0. The molecule has 4 nitrogen and oxygen atoms in total. The van der Waals surface area contributed by atoms with E-state index in [9.17, 15) is 13.2 Å². The molecular weight excluding hydrogens is 189 g/mol. The molecule has 74 valence electrons. The van der Waals surface area contributed by atoms with E-state index in [1.807, 2.05) is 0 Å². The number of rotatable bonds is 4. The van der Waals surface area contributed by atoms with Crippen LogP contribution in [-0.2, 0) is 11.4 Å². The molecule has 0 saturated heterocycles. The highest BCUT2D eigenvalue weighted by Gasteiger charge is 2.27. The van der Waals surface area contributed by atoms with Gasteiger partial charge in [0.1, 0.15) is 5.76 Å². The number of alkyl halides is 3. The summed E-state index contributed by atoms with van der Waals surface area (Å²) >= 11 is 0. The van der Waals surface area contributed by atoms with Crippen LogP contribution >= 0.6 is 0 Å². The molecule has 0 aliphatic rings. The van der Waals surface area contributed by atoms with E-state index in [4.69, 9.17) is 4.42 Å². The Morgan fingerprint density at radius 3 is 2.85 bits per heavy atom. The van der Waals surface area contributed by atoms with Crippen LogP contribution < -0.4 is 5.48 Å². The van der Waals surface area contributed by atoms with Crippen molar-refractivity contribution in [2.75, 3.05) is 6.61 Å². The summed E-state index contributed by atoms with van der Waals surface area (Å²) in [6.45, 7) is -1.28. The maximum atomic E-state index is 11.5. The third-order valence-corrected chi connectivity index (χ3v) is 1.07. The van der Waals surface area contributed by atoms with E-state index in [0.29, 0.717) is 5.76 Å². The second kappa shape index (κ2) is 4.24. The van der Waals surface area contributed by atoms with Gasteiger partial charge in [0, 0.05) is 0 Å². The highest BCUT2D eigenvalue weighted by atomic mass is 19.4. The van der Waals surface area contributed by atoms with Gasteiger partial charge in [-0.1, -0.05) is 0 Å². The van der Waals surface area contributed by atoms with Gasteiger partial charge in [0.2, 0.25) is 0 Å². The van der Waals surface area contributed by atoms with Crippen LogP contribution in [0, 0.1) is 0 Å². The minimum Gasteiger partial charge on any atom is -0.447 e. The number of aromatic nitrogens is 1. The zero-order valence-electron chi connectivity index (χ0n) is 6.47. The Morgan fingerprint density at radius 1 is 1.54 bits per heavy atom. The summed E-state index contributed by atoms with van der Waals surface area (Å²) in [6, 6.07) is 0. The Bertz CT molecular complexity index is 235. The van der Waals surface area contributed by atoms with Crippen LogP contribution in [0.1, 0.15) is 5.76 Å². The fourth-order valence-electron chi connectivity index (χ4n) is 0.584. The van der Waals surface area contributed by atoms with E-state index in [-0.39, 0.29) is 6.54 Å². The first-order valence-electron chi connectivity index (χ1n) is 3.37. The molecule has 1 aromatic rings. The SMILES string of the molecule is FC(F)(F)CONCc1cnco1. The van der Waals surface area contributed by atoms with Gasteiger partial charge in [0.25, 0.3) is 0 Å². The minimum atomic E-state index is -4.32. The average Bonchev–Trinajstić information content (AvgIpc) is 2.48. The molecule has 0 bridgehead atoms. The van der Waals surface area contributed by atoms with Crippen LogP contribution in [0.25, 0.3) is 0 Å². The summed E-state index contributed by atoms with van der Waals surface area (Å²) in [4.78, 5) is 7.67. The largest absolute Gasteiger partial charge is 0.447 e. The van der Waals surface area contributed by atoms with E-state index >= 15 is 0 Å². The molecule has 7 heteroatoms. The zero-order chi connectivity index (χ0) is 9.73. The van der Waals surface area contributed by atoms with Gasteiger partial charge in [-0.05, 0) is 0 Å². The van der Waals surface area contributed by atoms with E-state index in [0.717, 1.165) is 0 Å². The molecule has 1 heterocycles. The molecule has 0 aromatic carbocycles. The molecular formula is C6H7F3N2O2. The maximum Gasteiger partial charge on any atom is 0.413 e. The van der Waals surface area contributed by atoms with Gasteiger partial charge >= 0.3 is 6.18 Å². The Kier molecular flexibility index (Phi) is 3.26. The van der Waals surface area contributed by atoms with Crippen molar-refractivity contribution in [3.05, 3.63) is 18.4 Å². The first kappa shape index (κ1) is 10.0. The molecule has 0 atom stereocenters. The summed E-state index contributed by atoms with van der Waals surface area (Å²) in [5, 5.41) is 0. The molecule has 0 amide bonds. The first-order chi connectivity index (χ1) is 6.08. The van der Waals surface area contributed by atoms with Crippen LogP contribution in [-0.4, -0.2) is 17.8 Å². The van der Waals surface area contributed by atoms with Crippen molar-refractivity contribution < 1.29 is 22.4 Å². The summed E-state index contributed by atoms with van der Waals surface area (Å²) in [6.07, 6.45) is -1.76. The molecule has 13 heavy (non-hydrogen) atoms. The normalized spacial score (nSPS) is 11.9. The third-order valence-electron chi connectivity index (χ3n) is 1.07. The van der Waals surface area contributed by atoms with Crippen molar-refractivity contribution in [3.8, 4) is 0 Å². The van der Waals surface area contributed by atoms with Gasteiger partial charge in [-0.2, -0.15) is 18.7 Å². The van der Waals surface area contributed by atoms with Crippen LogP contribution in [0.15, 0.2) is 17.0 Å². The molecule has 1 N–H and O–H groups in total. The minimum absolute atomic E-state index is 0.0517. The lowest BCUT2D eigenvalue weighted by molar-refractivity contribution is -0.190. The molecule has 0 saturated carbocycles. The Labute approximate surface area is 71.7 Å². The smallest absolute Gasteiger partial charge is 0.413 e. The summed E-state index contributed by atoms with van der Waals surface area (Å²) in [5.74, 6) is 0.405. The molecule has 0 aliphatic heterocycles. The number of nitrogens with zero attached hydrogens (tertiary/aromatic N) is 1. The summed E-state index contributed by atoms with van der Waals surface area (Å²) < 4.78 is 39.3. The molecule has 0 fully saturated rings. The average molecular weight is 196 g/mol. The molecule has 0 unspecified atom stereocenters. The number of halogens is 3. The van der Waals surface area contributed by atoms with Crippen LogP contribution in [0.5, 0.6) is 0 Å². The molecule has 0 aliphatic carbocycles. The zero-order valence-corrected chi connectivity index (χ0v) is 6.47. The van der Waals surface area contributed by atoms with Gasteiger partial charge in [0.15, 0.2) is 13.0 Å². The van der Waals surface area contributed by atoms with Crippen molar-refractivity contribution in [1.29, 1.82) is 0 Å². The lowest BCUT2D eigenvalue weighted by Gasteiger charge is -2.06. The Morgan fingerprint density at radius 2 is 2.31 bits per heavy atom. The molecule has 0 radical (unpaired) electrons. The predicted octanol–water partition coefficient (Wildman–Crippen LogP) is 1.26. The van der Waals surface area contributed by atoms with E-state index in [1.54, 1.807) is 0 Å². The molecule has 1 rings (SSSR count). The fourth-order valence-corrected chi connectivity index (χ4v) is 0.584. The number of hydrogen-bond acceptors (Lipinski definition) is 4. The number of oxazole rings is 1. The fraction of sp³-hybridized carbons (Fsp3) is 0.500. The predicted molar refractivity (Wildman–Crippen MR) is 35.3 cm³/mol. The van der Waals surface area contributed by atoms with Gasteiger partial charge in [0.05, 0.1) is 12.7 Å². The number of nitrogens with one attached hydrogen (secondary N) is 1. The lowest BCUT2D eigenvalue weighted by atomic mass is 10.5. The second-order valence-electron chi connectivity index (χ2n) is 2.19. The van der Waals surface area contributed by atoms with Crippen molar-refractivity contribution >= 4 is 0 Å². The standard InChI is InChI=1S/C6H7F3N2O2/c7-6(8,9)3-13-11-2-5-1-10-4-12-5/h1,4,11H,2-3H2. The van der Waals surface area contributed by atoms with Crippen LogP contribution in [0.4, 0.5) is 13.2 Å². The van der Waals surface area contributed by atoms with Crippen LogP contribution in [0.2, 0.25) is 0 Å². The van der Waals surface area contributed by atoms with Crippen molar-refractivity contribution in [2.45, 2.75) is 12.7 Å². The van der Waals surface area contributed by atoms with Crippen molar-refractivity contribution in [1.82, 2.24) is 10.5 Å². The molecule has 1 aromatic heterocycles. The second-order valence-corrected chi connectivity index (χ2v) is 2.19. The quantitative estimate of drug-likeness (QED) is 0.581. The topological polar surface area (TPSA) is 47.3 Å². The Hall–Kier alpha value is -1.08. The highest BCUT2D eigenvalue weighted by molar-refractivity contribution is 4.85. The van der Waals surface area contributed by atoms with Gasteiger partial charge < -0.3 is 4.42 Å². The number of hydrogen-bond donors (Lipinski definition) is 1. The van der Waals surface area contributed by atoms with E-state index in [1.165, 1.54) is 12.6 Å². The Balaban J connectivity index is 2.09. The maximum absolute atomic E-state index is 11.5. The van der Waals surface area contributed by atoms with Gasteiger partial charge in [-0.3, -0.25) is 4.84 Å². The van der Waals surface area contributed by atoms with Crippen molar-refractivity contribution in [2.24, 2.45) is 0 Å². The van der Waals surface area contributed by atoms with Crippen molar-refractivity contribution in [3.63, 3.8) is 0 Å². The lowest BCUT2D eigenvalue weighted by Crippen LogP contribution is -2.24. The number of hydroxylamine groups is 1. The van der Waals surface area contributed by atoms with E-state index < -0.39 is 12.8 Å². The monoisotopic (exact) mass is 196 g/mol. The third kappa shape index (κ3) is 4.48. The van der Waals surface area contributed by atoms with E-state index in [2.05, 4.69) is 15.3 Å². The van der Waals surface area contributed by atoms with Gasteiger partial charge in [-0.15, -0.1) is 0 Å². The highest BCUT2D eigenvalue weighted by Crippen LogP contribution is 2.13. The molecule has 0 spiro atoms. The van der Waals surface area contributed by atoms with Gasteiger partial charge in [-0.25, -0.2) is 4.98 Å². The first-order valence-corrected chi connectivity index (χ1v) is 3.37.